The Kier molecular flexibility index (Phi) is 3.32. The van der Waals surface area contributed by atoms with Crippen molar-refractivity contribution in [2.75, 3.05) is 14.2 Å². The molecule has 5 heteroatoms. The molecule has 1 heterocycles. The third-order valence-corrected chi connectivity index (χ3v) is 2.48. The van der Waals surface area contributed by atoms with Crippen LogP contribution in [0.3, 0.4) is 0 Å². The molecule has 2 rings (SSSR count). The van der Waals surface area contributed by atoms with Gasteiger partial charge in [-0.3, -0.25) is 4.79 Å². The van der Waals surface area contributed by atoms with Crippen molar-refractivity contribution >= 4 is 6.29 Å². The second kappa shape index (κ2) is 4.91. The summed E-state index contributed by atoms with van der Waals surface area (Å²) in [5.74, 6) is 0.295. The molecule has 0 atom stereocenters. The van der Waals surface area contributed by atoms with Gasteiger partial charge in [0.15, 0.2) is 23.6 Å². The summed E-state index contributed by atoms with van der Waals surface area (Å²) in [7, 11) is 2.83. The van der Waals surface area contributed by atoms with Crippen LogP contribution < -0.4 is 9.47 Å². The van der Waals surface area contributed by atoms with Crippen molar-refractivity contribution in [2.45, 2.75) is 0 Å². The molecule has 0 aliphatic carbocycles. The Morgan fingerprint density at radius 3 is 2.56 bits per heavy atom. The molecule has 0 amide bonds. The van der Waals surface area contributed by atoms with Gasteiger partial charge in [-0.05, 0) is 18.2 Å². The van der Waals surface area contributed by atoms with Gasteiger partial charge < -0.3 is 13.9 Å². The highest BCUT2D eigenvalue weighted by Gasteiger charge is 2.16. The van der Waals surface area contributed by atoms with Crippen LogP contribution in [-0.2, 0) is 0 Å². The monoisotopic (exact) mass is 250 g/mol. The highest BCUT2D eigenvalue weighted by atomic mass is 19.1. The molecule has 94 valence electrons. The van der Waals surface area contributed by atoms with E-state index < -0.39 is 5.82 Å². The summed E-state index contributed by atoms with van der Waals surface area (Å²) >= 11 is 0. The van der Waals surface area contributed by atoms with Crippen molar-refractivity contribution in [1.29, 1.82) is 0 Å². The molecule has 0 unspecified atom stereocenters. The van der Waals surface area contributed by atoms with Gasteiger partial charge in [-0.1, -0.05) is 0 Å². The normalized spacial score (nSPS) is 10.2. The standard InChI is InChI=1S/C13H11FO4/c1-16-9-5-10(13(14)12(6-9)17-2)11-4-3-8(7-15)18-11/h3-7H,1-2H3. The first kappa shape index (κ1) is 12.2. The fourth-order valence-corrected chi connectivity index (χ4v) is 1.58. The molecule has 0 N–H and O–H groups in total. The molecule has 0 bridgehead atoms. The van der Waals surface area contributed by atoms with Gasteiger partial charge in [-0.2, -0.15) is 0 Å². The number of methoxy groups -OCH3 is 2. The molecular formula is C13H11FO4. The second-order valence-electron chi connectivity index (χ2n) is 3.51. The number of rotatable bonds is 4. The summed E-state index contributed by atoms with van der Waals surface area (Å²) in [5.41, 5.74) is 0.180. The fourth-order valence-electron chi connectivity index (χ4n) is 1.58. The summed E-state index contributed by atoms with van der Waals surface area (Å²) in [4.78, 5) is 10.5. The van der Waals surface area contributed by atoms with Crippen molar-refractivity contribution < 1.29 is 23.1 Å². The van der Waals surface area contributed by atoms with Crippen LogP contribution in [0.1, 0.15) is 10.6 Å². The lowest BCUT2D eigenvalue weighted by atomic mass is 10.1. The van der Waals surface area contributed by atoms with Crippen LogP contribution in [0, 0.1) is 5.82 Å². The number of hydrogen-bond donors (Lipinski definition) is 0. The van der Waals surface area contributed by atoms with Crippen molar-refractivity contribution in [3.63, 3.8) is 0 Å². The number of halogens is 1. The van der Waals surface area contributed by atoms with Gasteiger partial charge in [0.2, 0.25) is 0 Å². The second-order valence-corrected chi connectivity index (χ2v) is 3.51. The third-order valence-electron chi connectivity index (χ3n) is 2.48. The zero-order valence-corrected chi connectivity index (χ0v) is 9.90. The smallest absolute Gasteiger partial charge is 0.185 e. The van der Waals surface area contributed by atoms with E-state index in [-0.39, 0.29) is 22.8 Å². The molecule has 18 heavy (non-hydrogen) atoms. The van der Waals surface area contributed by atoms with E-state index in [4.69, 9.17) is 13.9 Å². The quantitative estimate of drug-likeness (QED) is 0.783. The maximum absolute atomic E-state index is 14.1. The highest BCUT2D eigenvalue weighted by molar-refractivity contribution is 5.73. The van der Waals surface area contributed by atoms with Crippen LogP contribution in [0.25, 0.3) is 11.3 Å². The van der Waals surface area contributed by atoms with Crippen LogP contribution in [0.4, 0.5) is 4.39 Å². The number of ether oxygens (including phenoxy) is 2. The Hall–Kier alpha value is -2.30. The average Bonchev–Trinajstić information content (AvgIpc) is 2.87. The predicted molar refractivity (Wildman–Crippen MR) is 62.6 cm³/mol. The van der Waals surface area contributed by atoms with E-state index in [1.165, 1.54) is 38.5 Å². The number of hydrogen-bond acceptors (Lipinski definition) is 4. The van der Waals surface area contributed by atoms with Gasteiger partial charge in [0.1, 0.15) is 11.5 Å². The molecule has 1 aromatic carbocycles. The topological polar surface area (TPSA) is 48.7 Å². The number of benzene rings is 1. The van der Waals surface area contributed by atoms with Gasteiger partial charge >= 0.3 is 0 Å². The molecule has 4 nitrogen and oxygen atoms in total. The highest BCUT2D eigenvalue weighted by Crippen LogP contribution is 2.34. The minimum atomic E-state index is -0.565. The summed E-state index contributed by atoms with van der Waals surface area (Å²) in [6, 6.07) is 5.89. The van der Waals surface area contributed by atoms with Crippen molar-refractivity contribution in [3.05, 3.63) is 35.8 Å². The first-order valence-corrected chi connectivity index (χ1v) is 5.16. The SMILES string of the molecule is COc1cc(OC)c(F)c(-c2ccc(C=O)o2)c1. The Morgan fingerprint density at radius 1 is 1.22 bits per heavy atom. The Labute approximate surface area is 103 Å². The van der Waals surface area contributed by atoms with E-state index in [0.717, 1.165) is 0 Å². The summed E-state index contributed by atoms with van der Waals surface area (Å²) < 4.78 is 29.2. The maximum atomic E-state index is 14.1. The van der Waals surface area contributed by atoms with Gasteiger partial charge in [0.05, 0.1) is 19.8 Å². The lowest BCUT2D eigenvalue weighted by molar-refractivity contribution is 0.110. The fraction of sp³-hybridized carbons (Fsp3) is 0.154. The van der Waals surface area contributed by atoms with Crippen LogP contribution in [0.5, 0.6) is 11.5 Å². The van der Waals surface area contributed by atoms with Crippen LogP contribution in [0.15, 0.2) is 28.7 Å². The van der Waals surface area contributed by atoms with E-state index in [9.17, 15) is 9.18 Å². The first-order valence-electron chi connectivity index (χ1n) is 5.16. The molecule has 0 saturated heterocycles. The molecule has 0 radical (unpaired) electrons. The van der Waals surface area contributed by atoms with Gasteiger partial charge in [0.25, 0.3) is 0 Å². The molecule has 0 aliphatic heterocycles. The molecule has 0 saturated carbocycles. The largest absolute Gasteiger partial charge is 0.497 e. The molecule has 0 fully saturated rings. The lowest BCUT2D eigenvalue weighted by Crippen LogP contribution is -1.93. The Bertz CT molecular complexity index is 574. The minimum Gasteiger partial charge on any atom is -0.497 e. The van der Waals surface area contributed by atoms with Crippen LogP contribution in [0.2, 0.25) is 0 Å². The number of furan rings is 1. The van der Waals surface area contributed by atoms with E-state index in [2.05, 4.69) is 0 Å². The van der Waals surface area contributed by atoms with E-state index in [0.29, 0.717) is 12.0 Å². The lowest BCUT2D eigenvalue weighted by Gasteiger charge is -2.08. The van der Waals surface area contributed by atoms with E-state index in [1.807, 2.05) is 0 Å². The van der Waals surface area contributed by atoms with Gasteiger partial charge in [-0.15, -0.1) is 0 Å². The van der Waals surface area contributed by atoms with Gasteiger partial charge in [0, 0.05) is 6.07 Å². The first-order chi connectivity index (χ1) is 8.69. The number of carbonyl (C=O) groups excluding carboxylic acids is 1. The molecule has 2 aromatic rings. The predicted octanol–water partition coefficient (Wildman–Crippen LogP) is 2.92. The summed E-state index contributed by atoms with van der Waals surface area (Å²) in [5, 5.41) is 0. The molecule has 0 aliphatic rings. The number of aldehydes is 1. The van der Waals surface area contributed by atoms with E-state index in [1.54, 1.807) is 0 Å². The maximum Gasteiger partial charge on any atom is 0.185 e. The molecular weight excluding hydrogens is 239 g/mol. The Balaban J connectivity index is 2.58. The van der Waals surface area contributed by atoms with Gasteiger partial charge in [-0.25, -0.2) is 4.39 Å². The molecule has 0 spiro atoms. The number of carbonyl (C=O) groups is 1. The summed E-state index contributed by atoms with van der Waals surface area (Å²) in [6.45, 7) is 0. The van der Waals surface area contributed by atoms with Crippen molar-refractivity contribution in [3.8, 4) is 22.8 Å². The zero-order chi connectivity index (χ0) is 13.1. The minimum absolute atomic E-state index is 0.0494. The van der Waals surface area contributed by atoms with Crippen molar-refractivity contribution in [2.24, 2.45) is 0 Å². The molecule has 1 aromatic heterocycles. The van der Waals surface area contributed by atoms with Crippen LogP contribution >= 0.6 is 0 Å². The average molecular weight is 250 g/mol. The van der Waals surface area contributed by atoms with E-state index >= 15 is 0 Å². The Morgan fingerprint density at radius 2 is 2.00 bits per heavy atom. The van der Waals surface area contributed by atoms with Crippen LogP contribution in [-0.4, -0.2) is 20.5 Å². The van der Waals surface area contributed by atoms with Crippen molar-refractivity contribution in [1.82, 2.24) is 0 Å². The third kappa shape index (κ3) is 2.07. The summed E-state index contributed by atoms with van der Waals surface area (Å²) in [6.07, 6.45) is 0.554. The zero-order valence-electron chi connectivity index (χ0n) is 9.90.